The zero-order valence-corrected chi connectivity index (χ0v) is 19.1. The second-order valence-corrected chi connectivity index (χ2v) is 8.17. The van der Waals surface area contributed by atoms with E-state index in [-0.39, 0.29) is 18.2 Å². The average molecular weight is 489 g/mol. The summed E-state index contributed by atoms with van der Waals surface area (Å²) in [7, 11) is 0. The summed E-state index contributed by atoms with van der Waals surface area (Å²) < 4.78 is 51.3. The number of pyridine rings is 1. The summed E-state index contributed by atoms with van der Waals surface area (Å²) >= 11 is 5.94. The number of carbonyl (C=O) groups is 1. The van der Waals surface area contributed by atoms with Gasteiger partial charge in [-0.2, -0.15) is 13.2 Å². The van der Waals surface area contributed by atoms with Gasteiger partial charge in [0.15, 0.2) is 5.75 Å². The lowest BCUT2D eigenvalue weighted by molar-refractivity contribution is -0.189. The molecule has 0 atom stereocenters. The van der Waals surface area contributed by atoms with Gasteiger partial charge in [-0.3, -0.25) is 0 Å². The monoisotopic (exact) mass is 488 g/mol. The lowest BCUT2D eigenvalue weighted by Crippen LogP contribution is -2.28. The molecule has 2 aromatic heterocycles. The topological polar surface area (TPSA) is 53.4 Å². The molecule has 0 unspecified atom stereocenters. The van der Waals surface area contributed by atoms with Crippen molar-refractivity contribution in [2.45, 2.75) is 33.2 Å². The first-order chi connectivity index (χ1) is 16.1. The molecule has 0 fully saturated rings. The van der Waals surface area contributed by atoms with Gasteiger partial charge in [-0.1, -0.05) is 54.1 Å². The number of hydrogen-bond donors (Lipinski definition) is 0. The number of esters is 1. The van der Waals surface area contributed by atoms with Crippen molar-refractivity contribution in [3.8, 4) is 11.6 Å². The van der Waals surface area contributed by atoms with Crippen LogP contribution in [0, 0.1) is 13.8 Å². The van der Waals surface area contributed by atoms with Crippen LogP contribution in [0.5, 0.6) is 11.6 Å². The number of carbonyl (C=O) groups excluding carboxylic acids is 1. The first kappa shape index (κ1) is 23.6. The molecular weight excluding hydrogens is 469 g/mol. The minimum absolute atomic E-state index is 0.162. The summed E-state index contributed by atoms with van der Waals surface area (Å²) in [5.41, 5.74) is 3.70. The van der Waals surface area contributed by atoms with E-state index in [1.165, 1.54) is 0 Å². The van der Waals surface area contributed by atoms with Crippen LogP contribution in [-0.2, 0) is 17.9 Å². The van der Waals surface area contributed by atoms with E-state index >= 15 is 0 Å². The van der Waals surface area contributed by atoms with Crippen LogP contribution >= 0.6 is 11.6 Å². The summed E-state index contributed by atoms with van der Waals surface area (Å²) in [6.45, 7) is 4.19. The molecule has 34 heavy (non-hydrogen) atoms. The highest BCUT2D eigenvalue weighted by molar-refractivity contribution is 6.30. The second kappa shape index (κ2) is 9.38. The van der Waals surface area contributed by atoms with Crippen LogP contribution in [0.3, 0.4) is 0 Å². The maximum atomic E-state index is 12.9. The van der Waals surface area contributed by atoms with Crippen molar-refractivity contribution < 1.29 is 27.4 Å². The molecular formula is C25H20ClF3N2O3. The molecule has 5 nitrogen and oxygen atoms in total. The standard InChI is InChI=1S/C25H20ClF3N2O3/c1-15-16(2)31(13-17-6-4-3-5-7-17)22-21(15)20(34-24(32)25(27,28)29)12-30-23(22)33-14-18-8-10-19(26)11-9-18/h3-12H,13-14H2,1-2H3. The van der Waals surface area contributed by atoms with Crippen molar-refractivity contribution in [1.82, 2.24) is 9.55 Å². The highest BCUT2D eigenvalue weighted by Gasteiger charge is 2.42. The lowest BCUT2D eigenvalue weighted by atomic mass is 10.2. The van der Waals surface area contributed by atoms with Crippen LogP contribution in [0.15, 0.2) is 60.8 Å². The summed E-state index contributed by atoms with van der Waals surface area (Å²) in [4.78, 5) is 15.8. The summed E-state index contributed by atoms with van der Waals surface area (Å²) in [6, 6.07) is 16.6. The maximum absolute atomic E-state index is 12.9. The molecule has 0 aliphatic carbocycles. The van der Waals surface area contributed by atoms with E-state index < -0.39 is 12.1 Å². The van der Waals surface area contributed by atoms with Crippen LogP contribution in [0.2, 0.25) is 5.02 Å². The van der Waals surface area contributed by atoms with Crippen LogP contribution < -0.4 is 9.47 Å². The molecule has 176 valence electrons. The number of rotatable bonds is 6. The highest BCUT2D eigenvalue weighted by atomic mass is 35.5. The van der Waals surface area contributed by atoms with Crippen molar-refractivity contribution in [3.05, 3.63) is 88.2 Å². The number of halogens is 4. The Morgan fingerprint density at radius 2 is 1.71 bits per heavy atom. The molecule has 0 saturated heterocycles. The molecule has 0 amide bonds. The van der Waals surface area contributed by atoms with E-state index in [0.717, 1.165) is 23.0 Å². The molecule has 0 bridgehead atoms. The normalized spacial score (nSPS) is 11.6. The molecule has 2 heterocycles. The lowest BCUT2D eigenvalue weighted by Gasteiger charge is -2.14. The fourth-order valence-electron chi connectivity index (χ4n) is 3.67. The first-order valence-electron chi connectivity index (χ1n) is 10.3. The molecule has 0 radical (unpaired) electrons. The fraction of sp³-hybridized carbons (Fsp3) is 0.200. The van der Waals surface area contributed by atoms with E-state index in [4.69, 9.17) is 21.1 Å². The SMILES string of the molecule is Cc1c(C)n(Cc2ccccc2)c2c(OCc3ccc(Cl)cc3)ncc(OC(=O)C(F)(F)F)c12. The number of hydrogen-bond acceptors (Lipinski definition) is 4. The smallest absolute Gasteiger partial charge is 0.471 e. The predicted molar refractivity (Wildman–Crippen MR) is 122 cm³/mol. The van der Waals surface area contributed by atoms with Crippen molar-refractivity contribution in [3.63, 3.8) is 0 Å². The van der Waals surface area contributed by atoms with Crippen molar-refractivity contribution >= 4 is 28.5 Å². The van der Waals surface area contributed by atoms with Gasteiger partial charge in [-0.15, -0.1) is 0 Å². The van der Waals surface area contributed by atoms with Gasteiger partial charge in [0.25, 0.3) is 0 Å². The number of alkyl halides is 3. The van der Waals surface area contributed by atoms with Crippen LogP contribution in [0.25, 0.3) is 10.9 Å². The van der Waals surface area contributed by atoms with Gasteiger partial charge >= 0.3 is 12.1 Å². The minimum atomic E-state index is -5.13. The third-order valence-corrected chi connectivity index (χ3v) is 5.74. The number of fused-ring (bicyclic) bond motifs is 1. The van der Waals surface area contributed by atoms with Gasteiger partial charge < -0.3 is 14.0 Å². The summed E-state index contributed by atoms with van der Waals surface area (Å²) in [5, 5.41) is 0.926. The molecule has 0 saturated carbocycles. The number of nitrogens with zero attached hydrogens (tertiary/aromatic N) is 2. The summed E-state index contributed by atoms with van der Waals surface area (Å²) in [5.74, 6) is -2.37. The molecule has 0 aliphatic rings. The van der Waals surface area contributed by atoms with Crippen molar-refractivity contribution in [2.75, 3.05) is 0 Å². The van der Waals surface area contributed by atoms with Gasteiger partial charge in [-0.25, -0.2) is 9.78 Å². The van der Waals surface area contributed by atoms with E-state index in [0.29, 0.717) is 28.0 Å². The fourth-order valence-corrected chi connectivity index (χ4v) is 3.79. The Balaban J connectivity index is 1.81. The van der Waals surface area contributed by atoms with E-state index in [1.807, 2.05) is 41.8 Å². The number of ether oxygens (including phenoxy) is 2. The van der Waals surface area contributed by atoms with Gasteiger partial charge in [-0.05, 0) is 42.7 Å². The van der Waals surface area contributed by atoms with Crippen LogP contribution in [0.4, 0.5) is 13.2 Å². The number of aryl methyl sites for hydroxylation is 1. The molecule has 2 aromatic carbocycles. The Labute approximate surface area is 198 Å². The Morgan fingerprint density at radius 1 is 1.03 bits per heavy atom. The molecule has 4 rings (SSSR count). The highest BCUT2D eigenvalue weighted by Crippen LogP contribution is 2.39. The van der Waals surface area contributed by atoms with Crippen LogP contribution in [-0.4, -0.2) is 21.7 Å². The average Bonchev–Trinajstić information content (AvgIpc) is 3.05. The third-order valence-electron chi connectivity index (χ3n) is 5.48. The number of aromatic nitrogens is 2. The van der Waals surface area contributed by atoms with Crippen LogP contribution in [0.1, 0.15) is 22.4 Å². The van der Waals surface area contributed by atoms with Crippen molar-refractivity contribution in [2.24, 2.45) is 0 Å². The van der Waals surface area contributed by atoms with Gasteiger partial charge in [0.05, 0.1) is 11.6 Å². The molecule has 0 N–H and O–H groups in total. The van der Waals surface area contributed by atoms with E-state index in [1.54, 1.807) is 31.2 Å². The quantitative estimate of drug-likeness (QED) is 0.295. The third kappa shape index (κ3) is 4.87. The van der Waals surface area contributed by atoms with Gasteiger partial charge in [0, 0.05) is 17.3 Å². The zero-order chi connectivity index (χ0) is 24.5. The van der Waals surface area contributed by atoms with Crippen molar-refractivity contribution in [1.29, 1.82) is 0 Å². The Hall–Kier alpha value is -3.52. The second-order valence-electron chi connectivity index (χ2n) is 7.74. The molecule has 4 aromatic rings. The summed E-state index contributed by atoms with van der Waals surface area (Å²) in [6.07, 6.45) is -4.05. The Morgan fingerprint density at radius 3 is 2.35 bits per heavy atom. The zero-order valence-electron chi connectivity index (χ0n) is 18.3. The molecule has 0 aliphatic heterocycles. The van der Waals surface area contributed by atoms with Gasteiger partial charge in [0.1, 0.15) is 12.1 Å². The Kier molecular flexibility index (Phi) is 6.52. The van der Waals surface area contributed by atoms with Gasteiger partial charge in [0.2, 0.25) is 5.88 Å². The largest absolute Gasteiger partial charge is 0.491 e. The van der Waals surface area contributed by atoms with E-state index in [2.05, 4.69) is 4.98 Å². The predicted octanol–water partition coefficient (Wildman–Crippen LogP) is 6.40. The maximum Gasteiger partial charge on any atom is 0.491 e. The van der Waals surface area contributed by atoms with E-state index in [9.17, 15) is 18.0 Å². The first-order valence-corrected chi connectivity index (χ1v) is 10.7. The number of benzene rings is 2. The Bertz CT molecular complexity index is 1330. The minimum Gasteiger partial charge on any atom is -0.471 e. The molecule has 9 heteroatoms. The molecule has 0 spiro atoms.